The Morgan fingerprint density at radius 1 is 1.22 bits per heavy atom. The van der Waals surface area contributed by atoms with Crippen molar-refractivity contribution >= 4 is 0 Å². The van der Waals surface area contributed by atoms with Crippen LogP contribution in [0.1, 0.15) is 12.8 Å². The van der Waals surface area contributed by atoms with Crippen LogP contribution >= 0.6 is 0 Å². The molecule has 0 aromatic heterocycles. The van der Waals surface area contributed by atoms with E-state index in [-0.39, 0.29) is 0 Å². The van der Waals surface area contributed by atoms with Gasteiger partial charge in [-0.25, -0.2) is 0 Å². The Labute approximate surface area is 56.0 Å². The molecule has 0 aromatic carbocycles. The van der Waals surface area contributed by atoms with Crippen LogP contribution in [0.3, 0.4) is 0 Å². The first kappa shape index (κ1) is 5.69. The van der Waals surface area contributed by atoms with E-state index < -0.39 is 0 Å². The normalized spacial score (nSPS) is 49.7. The molecule has 0 amide bonds. The number of hydrogen-bond acceptors (Lipinski definition) is 1. The standard InChI is InChI=1S/C7H14N2/c8-7-5-9-3-1-6(7)2-4-9/h6-7H,1-5,8H2/p+1. The molecule has 1 atom stereocenters. The molecule has 0 aliphatic carbocycles. The minimum absolute atomic E-state index is 0.530. The molecule has 0 saturated carbocycles. The van der Waals surface area contributed by atoms with E-state index in [1.165, 1.54) is 32.5 Å². The van der Waals surface area contributed by atoms with Gasteiger partial charge in [-0.05, 0) is 5.92 Å². The smallest absolute Gasteiger partial charge is 0.0927 e. The molecule has 0 aromatic rings. The van der Waals surface area contributed by atoms with Crippen LogP contribution in [0.15, 0.2) is 0 Å². The lowest BCUT2D eigenvalue weighted by atomic mass is 9.85. The van der Waals surface area contributed by atoms with Crippen LogP contribution < -0.4 is 10.6 Å². The molecule has 3 fully saturated rings. The van der Waals surface area contributed by atoms with Gasteiger partial charge in [-0.15, -0.1) is 0 Å². The van der Waals surface area contributed by atoms with Crippen LogP contribution in [0, 0.1) is 5.92 Å². The van der Waals surface area contributed by atoms with E-state index in [0.717, 1.165) is 5.92 Å². The Bertz CT molecular complexity index is 105. The molecule has 3 saturated heterocycles. The summed E-state index contributed by atoms with van der Waals surface area (Å²) in [7, 11) is 0. The van der Waals surface area contributed by atoms with Crippen LogP contribution in [0.2, 0.25) is 0 Å². The summed E-state index contributed by atoms with van der Waals surface area (Å²) in [6.45, 7) is 4.02. The fourth-order valence-electron chi connectivity index (χ4n) is 2.18. The van der Waals surface area contributed by atoms with E-state index in [0.29, 0.717) is 6.04 Å². The lowest BCUT2D eigenvalue weighted by Gasteiger charge is -2.40. The van der Waals surface area contributed by atoms with Gasteiger partial charge < -0.3 is 10.6 Å². The van der Waals surface area contributed by atoms with Crippen molar-refractivity contribution < 1.29 is 4.90 Å². The molecule has 52 valence electrons. The van der Waals surface area contributed by atoms with Gasteiger partial charge in [-0.3, -0.25) is 0 Å². The Morgan fingerprint density at radius 3 is 2.11 bits per heavy atom. The van der Waals surface area contributed by atoms with Crippen molar-refractivity contribution in [2.24, 2.45) is 11.7 Å². The first-order chi connectivity index (χ1) is 4.36. The SMILES string of the molecule is NC1C[NH+]2CCC1CC2. The van der Waals surface area contributed by atoms with Gasteiger partial charge in [0.05, 0.1) is 25.7 Å². The highest BCUT2D eigenvalue weighted by molar-refractivity contribution is 4.78. The number of nitrogens with one attached hydrogen (secondary N) is 1. The Kier molecular flexibility index (Phi) is 1.24. The minimum Gasteiger partial charge on any atom is -0.334 e. The van der Waals surface area contributed by atoms with E-state index in [1.54, 1.807) is 4.90 Å². The average molecular weight is 127 g/mol. The zero-order valence-corrected chi connectivity index (χ0v) is 5.77. The molecular formula is C7H15N2+. The largest absolute Gasteiger partial charge is 0.334 e. The Balaban J connectivity index is 2.06. The van der Waals surface area contributed by atoms with E-state index in [9.17, 15) is 0 Å². The minimum atomic E-state index is 0.530. The summed E-state index contributed by atoms with van der Waals surface area (Å²) in [4.78, 5) is 1.74. The second-order valence-electron chi connectivity index (χ2n) is 3.46. The van der Waals surface area contributed by atoms with Crippen molar-refractivity contribution in [3.63, 3.8) is 0 Å². The first-order valence-corrected chi connectivity index (χ1v) is 3.95. The summed E-state index contributed by atoms with van der Waals surface area (Å²) in [6, 6.07) is 0.530. The molecule has 3 aliphatic heterocycles. The van der Waals surface area contributed by atoms with Crippen LogP contribution in [-0.2, 0) is 0 Å². The topological polar surface area (TPSA) is 30.5 Å². The Morgan fingerprint density at radius 2 is 1.89 bits per heavy atom. The fraction of sp³-hybridized carbons (Fsp3) is 1.00. The zero-order chi connectivity index (χ0) is 6.27. The van der Waals surface area contributed by atoms with E-state index >= 15 is 0 Å². The fourth-order valence-corrected chi connectivity index (χ4v) is 2.18. The van der Waals surface area contributed by atoms with Crippen LogP contribution in [-0.4, -0.2) is 25.7 Å². The van der Waals surface area contributed by atoms with Gasteiger partial charge in [0, 0.05) is 12.8 Å². The van der Waals surface area contributed by atoms with E-state index in [4.69, 9.17) is 5.73 Å². The molecule has 1 unspecified atom stereocenters. The molecule has 9 heavy (non-hydrogen) atoms. The molecule has 2 bridgehead atoms. The summed E-state index contributed by atoms with van der Waals surface area (Å²) in [5.74, 6) is 0.877. The third kappa shape index (κ3) is 0.864. The van der Waals surface area contributed by atoms with Crippen molar-refractivity contribution in [3.05, 3.63) is 0 Å². The van der Waals surface area contributed by atoms with Gasteiger partial charge >= 0.3 is 0 Å². The summed E-state index contributed by atoms with van der Waals surface area (Å²) in [5, 5.41) is 0. The molecule has 3 aliphatic rings. The summed E-state index contributed by atoms with van der Waals surface area (Å²) in [5.41, 5.74) is 5.90. The second-order valence-corrected chi connectivity index (χ2v) is 3.46. The highest BCUT2D eigenvalue weighted by atomic mass is 15.2. The maximum atomic E-state index is 5.90. The van der Waals surface area contributed by atoms with Gasteiger partial charge in [-0.2, -0.15) is 0 Å². The predicted molar refractivity (Wildman–Crippen MR) is 36.3 cm³/mol. The van der Waals surface area contributed by atoms with Gasteiger partial charge in [0.2, 0.25) is 0 Å². The number of quaternary nitrogens is 1. The summed E-state index contributed by atoms with van der Waals surface area (Å²) < 4.78 is 0. The summed E-state index contributed by atoms with van der Waals surface area (Å²) in [6.07, 6.45) is 2.77. The first-order valence-electron chi connectivity index (χ1n) is 3.95. The summed E-state index contributed by atoms with van der Waals surface area (Å²) >= 11 is 0. The highest BCUT2D eigenvalue weighted by Gasteiger charge is 2.34. The number of rotatable bonds is 0. The van der Waals surface area contributed by atoms with Gasteiger partial charge in [0.15, 0.2) is 0 Å². The average Bonchev–Trinajstić information content (AvgIpc) is 1.90. The van der Waals surface area contributed by atoms with Crippen molar-refractivity contribution in [2.75, 3.05) is 19.6 Å². The zero-order valence-electron chi connectivity index (χ0n) is 5.77. The van der Waals surface area contributed by atoms with Crippen LogP contribution in [0.5, 0.6) is 0 Å². The molecule has 3 heterocycles. The maximum absolute atomic E-state index is 5.90. The lowest BCUT2D eigenvalue weighted by molar-refractivity contribution is -0.917. The number of piperidine rings is 3. The highest BCUT2D eigenvalue weighted by Crippen LogP contribution is 2.15. The van der Waals surface area contributed by atoms with Crippen molar-refractivity contribution in [3.8, 4) is 0 Å². The quantitative estimate of drug-likeness (QED) is 0.413. The third-order valence-electron chi connectivity index (χ3n) is 2.87. The molecule has 0 radical (unpaired) electrons. The number of fused-ring (bicyclic) bond motifs is 3. The lowest BCUT2D eigenvalue weighted by Crippen LogP contribution is -3.16. The molecule has 2 heteroatoms. The predicted octanol–water partition coefficient (Wildman–Crippen LogP) is -1.38. The van der Waals surface area contributed by atoms with Gasteiger partial charge in [0.1, 0.15) is 0 Å². The van der Waals surface area contributed by atoms with E-state index in [1.807, 2.05) is 0 Å². The number of nitrogens with two attached hydrogens (primary N) is 1. The van der Waals surface area contributed by atoms with Crippen molar-refractivity contribution in [1.29, 1.82) is 0 Å². The van der Waals surface area contributed by atoms with Crippen molar-refractivity contribution in [1.82, 2.24) is 0 Å². The molecule has 2 nitrogen and oxygen atoms in total. The molecule has 0 spiro atoms. The Hall–Kier alpha value is -0.0800. The second kappa shape index (κ2) is 1.96. The maximum Gasteiger partial charge on any atom is 0.0927 e. The van der Waals surface area contributed by atoms with Crippen LogP contribution in [0.25, 0.3) is 0 Å². The number of hydrogen-bond donors (Lipinski definition) is 2. The van der Waals surface area contributed by atoms with E-state index in [2.05, 4.69) is 0 Å². The van der Waals surface area contributed by atoms with Crippen LogP contribution in [0.4, 0.5) is 0 Å². The third-order valence-corrected chi connectivity index (χ3v) is 2.87. The van der Waals surface area contributed by atoms with Gasteiger partial charge in [0.25, 0.3) is 0 Å². The molecular weight excluding hydrogens is 112 g/mol. The molecule has 3 rings (SSSR count). The van der Waals surface area contributed by atoms with Gasteiger partial charge in [-0.1, -0.05) is 0 Å². The monoisotopic (exact) mass is 127 g/mol. The van der Waals surface area contributed by atoms with Crippen molar-refractivity contribution in [2.45, 2.75) is 18.9 Å². The molecule has 3 N–H and O–H groups in total.